The Hall–Kier alpha value is 0.1000. The maximum Gasteiger partial charge on any atom is 0.0613 e. The molecule has 2 fully saturated rings. The standard InChI is InChI=1S/C17H27BrN2S/c1-2-10-19-16(15-14(18)7-13-21-15)17(8-3-4-9-17)20-11-5-6-12-20/h7,13,16,19H,2-6,8-12H2,1H3. The molecule has 0 aromatic carbocycles. The summed E-state index contributed by atoms with van der Waals surface area (Å²) in [6, 6.07) is 2.71. The first-order chi connectivity index (χ1) is 10.3. The molecule has 2 nitrogen and oxygen atoms in total. The van der Waals surface area contributed by atoms with E-state index < -0.39 is 0 Å². The topological polar surface area (TPSA) is 15.3 Å². The molecular weight excluding hydrogens is 344 g/mol. The summed E-state index contributed by atoms with van der Waals surface area (Å²) in [5.41, 5.74) is 0.360. The predicted octanol–water partition coefficient (Wildman–Crippen LogP) is 4.96. The number of nitrogens with one attached hydrogen (secondary N) is 1. The highest BCUT2D eigenvalue weighted by Gasteiger charge is 2.47. The molecule has 1 unspecified atom stereocenters. The Kier molecular flexibility index (Phi) is 5.41. The summed E-state index contributed by atoms with van der Waals surface area (Å²) < 4.78 is 1.30. The number of rotatable bonds is 6. The van der Waals surface area contributed by atoms with E-state index in [0.717, 1.165) is 6.54 Å². The van der Waals surface area contributed by atoms with E-state index in [1.54, 1.807) is 0 Å². The van der Waals surface area contributed by atoms with Crippen molar-refractivity contribution in [3.63, 3.8) is 0 Å². The number of thiophene rings is 1. The summed E-state index contributed by atoms with van der Waals surface area (Å²) in [5.74, 6) is 0. The Labute approximate surface area is 141 Å². The van der Waals surface area contributed by atoms with E-state index in [9.17, 15) is 0 Å². The van der Waals surface area contributed by atoms with Crippen LogP contribution in [-0.2, 0) is 0 Å². The van der Waals surface area contributed by atoms with Gasteiger partial charge in [0, 0.05) is 14.9 Å². The van der Waals surface area contributed by atoms with E-state index >= 15 is 0 Å². The smallest absolute Gasteiger partial charge is 0.0613 e. The van der Waals surface area contributed by atoms with Gasteiger partial charge in [-0.05, 0) is 79.1 Å². The molecule has 0 radical (unpaired) electrons. The lowest BCUT2D eigenvalue weighted by Gasteiger charge is -2.45. The molecule has 21 heavy (non-hydrogen) atoms. The highest BCUT2D eigenvalue weighted by Crippen LogP contribution is 2.48. The van der Waals surface area contributed by atoms with Crippen LogP contribution in [0.25, 0.3) is 0 Å². The van der Waals surface area contributed by atoms with Crippen molar-refractivity contribution in [3.8, 4) is 0 Å². The fourth-order valence-electron chi connectivity index (χ4n) is 4.26. The highest BCUT2D eigenvalue weighted by atomic mass is 79.9. The van der Waals surface area contributed by atoms with Gasteiger partial charge in [-0.15, -0.1) is 11.3 Å². The quantitative estimate of drug-likeness (QED) is 0.760. The maximum absolute atomic E-state index is 3.91. The Morgan fingerprint density at radius 1 is 1.29 bits per heavy atom. The lowest BCUT2D eigenvalue weighted by Crippen LogP contribution is -2.54. The number of likely N-dealkylation sites (tertiary alicyclic amines) is 1. The van der Waals surface area contributed by atoms with Crippen LogP contribution in [-0.4, -0.2) is 30.1 Å². The molecule has 0 amide bonds. The third-order valence-electron chi connectivity index (χ3n) is 5.25. The van der Waals surface area contributed by atoms with Crippen LogP contribution in [0.2, 0.25) is 0 Å². The zero-order valence-electron chi connectivity index (χ0n) is 13.0. The third-order valence-corrected chi connectivity index (χ3v) is 7.18. The molecule has 0 bridgehead atoms. The van der Waals surface area contributed by atoms with Crippen molar-refractivity contribution in [2.24, 2.45) is 0 Å². The van der Waals surface area contributed by atoms with Gasteiger partial charge in [0.15, 0.2) is 0 Å². The van der Waals surface area contributed by atoms with Gasteiger partial charge in [-0.2, -0.15) is 0 Å². The SMILES string of the molecule is CCCNC(c1sccc1Br)C1(N2CCCC2)CCCC1. The minimum absolute atomic E-state index is 0.360. The number of nitrogens with zero attached hydrogens (tertiary/aromatic N) is 1. The second-order valence-electron chi connectivity index (χ2n) is 6.52. The molecule has 1 aliphatic carbocycles. The molecular formula is C17H27BrN2S. The lowest BCUT2D eigenvalue weighted by molar-refractivity contribution is 0.0775. The minimum atomic E-state index is 0.360. The third kappa shape index (κ3) is 3.10. The van der Waals surface area contributed by atoms with Gasteiger partial charge in [0.2, 0.25) is 0 Å². The summed E-state index contributed by atoms with van der Waals surface area (Å²) >= 11 is 5.71. The summed E-state index contributed by atoms with van der Waals surface area (Å²) in [6.45, 7) is 5.98. The molecule has 1 aromatic heterocycles. The average Bonchev–Trinajstić information content (AvgIpc) is 3.20. The summed E-state index contributed by atoms with van der Waals surface area (Å²) in [4.78, 5) is 4.33. The normalized spacial score (nSPS) is 23.7. The zero-order valence-corrected chi connectivity index (χ0v) is 15.4. The molecule has 1 aliphatic heterocycles. The van der Waals surface area contributed by atoms with E-state index in [4.69, 9.17) is 0 Å². The summed E-state index contributed by atoms with van der Waals surface area (Å²) in [6.07, 6.45) is 9.47. The fraction of sp³-hybridized carbons (Fsp3) is 0.765. The number of hydrogen-bond donors (Lipinski definition) is 1. The molecule has 1 atom stereocenters. The van der Waals surface area contributed by atoms with Crippen molar-refractivity contribution >= 4 is 27.3 Å². The molecule has 1 saturated carbocycles. The summed E-state index contributed by atoms with van der Waals surface area (Å²) in [7, 11) is 0. The molecule has 1 aromatic rings. The van der Waals surface area contributed by atoms with Gasteiger partial charge in [0.05, 0.1) is 6.04 Å². The highest BCUT2D eigenvalue weighted by molar-refractivity contribution is 9.10. The van der Waals surface area contributed by atoms with Crippen LogP contribution < -0.4 is 5.32 Å². The van der Waals surface area contributed by atoms with Gasteiger partial charge >= 0.3 is 0 Å². The second-order valence-corrected chi connectivity index (χ2v) is 8.33. The molecule has 3 rings (SSSR count). The predicted molar refractivity (Wildman–Crippen MR) is 95.1 cm³/mol. The Bertz CT molecular complexity index is 447. The monoisotopic (exact) mass is 370 g/mol. The van der Waals surface area contributed by atoms with Crippen molar-refractivity contribution in [1.82, 2.24) is 10.2 Å². The Morgan fingerprint density at radius 2 is 2.00 bits per heavy atom. The molecule has 1 N–H and O–H groups in total. The van der Waals surface area contributed by atoms with Gasteiger partial charge in [0.25, 0.3) is 0 Å². The van der Waals surface area contributed by atoms with E-state index in [2.05, 4.69) is 44.5 Å². The molecule has 4 heteroatoms. The first-order valence-corrected chi connectivity index (χ1v) is 10.2. The van der Waals surface area contributed by atoms with E-state index in [0.29, 0.717) is 11.6 Å². The van der Waals surface area contributed by atoms with Gasteiger partial charge in [0.1, 0.15) is 0 Å². The molecule has 1 saturated heterocycles. The van der Waals surface area contributed by atoms with Crippen LogP contribution in [0.4, 0.5) is 0 Å². The van der Waals surface area contributed by atoms with Gasteiger partial charge in [-0.25, -0.2) is 0 Å². The van der Waals surface area contributed by atoms with Crippen molar-refractivity contribution in [2.45, 2.75) is 63.5 Å². The molecule has 2 aliphatic rings. The van der Waals surface area contributed by atoms with Crippen LogP contribution in [0.5, 0.6) is 0 Å². The minimum Gasteiger partial charge on any atom is -0.308 e. The van der Waals surface area contributed by atoms with Crippen LogP contribution >= 0.6 is 27.3 Å². The summed E-state index contributed by atoms with van der Waals surface area (Å²) in [5, 5.41) is 6.14. The Balaban J connectivity index is 1.93. The Morgan fingerprint density at radius 3 is 2.57 bits per heavy atom. The lowest BCUT2D eigenvalue weighted by atomic mass is 9.85. The van der Waals surface area contributed by atoms with Gasteiger partial charge in [-0.3, -0.25) is 4.90 Å². The van der Waals surface area contributed by atoms with Crippen molar-refractivity contribution in [2.75, 3.05) is 19.6 Å². The number of halogens is 1. The second kappa shape index (κ2) is 7.12. The van der Waals surface area contributed by atoms with Crippen molar-refractivity contribution in [3.05, 3.63) is 20.8 Å². The van der Waals surface area contributed by atoms with Crippen LogP contribution in [0.3, 0.4) is 0 Å². The molecule has 118 valence electrons. The zero-order chi connectivity index (χ0) is 14.7. The van der Waals surface area contributed by atoms with Crippen molar-refractivity contribution in [1.29, 1.82) is 0 Å². The molecule has 0 spiro atoms. The van der Waals surface area contributed by atoms with Gasteiger partial charge < -0.3 is 5.32 Å². The van der Waals surface area contributed by atoms with Crippen LogP contribution in [0.1, 0.15) is 62.8 Å². The van der Waals surface area contributed by atoms with Crippen LogP contribution in [0, 0.1) is 0 Å². The molecule has 2 heterocycles. The largest absolute Gasteiger partial charge is 0.308 e. The average molecular weight is 371 g/mol. The van der Waals surface area contributed by atoms with Crippen LogP contribution in [0.15, 0.2) is 15.9 Å². The van der Waals surface area contributed by atoms with E-state index in [-0.39, 0.29) is 0 Å². The number of hydrogen-bond acceptors (Lipinski definition) is 3. The van der Waals surface area contributed by atoms with E-state index in [1.807, 2.05) is 11.3 Å². The van der Waals surface area contributed by atoms with E-state index in [1.165, 1.54) is 67.4 Å². The van der Waals surface area contributed by atoms with Gasteiger partial charge in [-0.1, -0.05) is 19.8 Å². The first kappa shape index (κ1) is 16.0. The van der Waals surface area contributed by atoms with Crippen molar-refractivity contribution < 1.29 is 0 Å². The fourth-order valence-corrected chi connectivity index (χ4v) is 6.05. The first-order valence-electron chi connectivity index (χ1n) is 8.49. The maximum atomic E-state index is 3.91.